The maximum atomic E-state index is 12.3. The molecule has 2 aliphatic heterocycles. The number of methoxy groups -OCH3 is 1. The molecule has 2 unspecified atom stereocenters. The van der Waals surface area contributed by atoms with E-state index < -0.39 is 0 Å². The zero-order valence-corrected chi connectivity index (χ0v) is 17.8. The van der Waals surface area contributed by atoms with E-state index in [1.807, 2.05) is 24.3 Å². The monoisotopic (exact) mass is 443 g/mol. The van der Waals surface area contributed by atoms with Gasteiger partial charge in [-0.1, -0.05) is 29.7 Å². The number of nitrogens with zero attached hydrogens (tertiary/aromatic N) is 1. The maximum absolute atomic E-state index is 12.3. The van der Waals surface area contributed by atoms with Crippen LogP contribution in [0.1, 0.15) is 37.7 Å². The zero-order valence-electron chi connectivity index (χ0n) is 17.1. The van der Waals surface area contributed by atoms with Gasteiger partial charge in [0.05, 0.1) is 13.0 Å². The highest BCUT2D eigenvalue weighted by Crippen LogP contribution is 2.46. The molecule has 2 bridgehead atoms. The number of rotatable bonds is 7. The summed E-state index contributed by atoms with van der Waals surface area (Å²) in [6.07, 6.45) is 3.29. The van der Waals surface area contributed by atoms with Crippen LogP contribution in [0.25, 0.3) is 0 Å². The molecule has 2 heterocycles. The van der Waals surface area contributed by atoms with Gasteiger partial charge in [-0.2, -0.15) is 4.89 Å². The van der Waals surface area contributed by atoms with E-state index in [4.69, 9.17) is 21.6 Å². The van der Waals surface area contributed by atoms with Crippen molar-refractivity contribution in [3.63, 3.8) is 0 Å². The van der Waals surface area contributed by atoms with Crippen LogP contribution in [0.4, 0.5) is 0 Å². The Labute approximate surface area is 180 Å². The molecule has 2 fully saturated rings. The quantitative estimate of drug-likeness (QED) is 0.224. The largest absolute Gasteiger partial charge is 0.469 e. The average molecular weight is 444 g/mol. The number of fused-ring (bicyclic) bond motifs is 2. The molecule has 0 amide bonds. The first-order valence-electron chi connectivity index (χ1n) is 9.41. The van der Waals surface area contributed by atoms with Crippen molar-refractivity contribution in [3.8, 4) is 11.8 Å². The molecule has 3 rings (SSSR count). The minimum atomic E-state index is -0.0813. The minimum Gasteiger partial charge on any atom is -0.469 e. The second-order valence-electron chi connectivity index (χ2n) is 6.87. The molecule has 4 atom stereocenters. The first kappa shape index (κ1) is 24.5. The predicted octanol–water partition coefficient (Wildman–Crippen LogP) is 3.31. The fourth-order valence-corrected chi connectivity index (χ4v) is 4.27. The SMILES string of the molecule is CC#CCOOOOOO.COC(=O)C1C2CC[C@H](C[C@@H]1c1ccc(Cl)cc1)N2C. The summed E-state index contributed by atoms with van der Waals surface area (Å²) in [5, 5.41) is 21.9. The fraction of sp³-hybridized carbons (Fsp3) is 0.550. The maximum Gasteiger partial charge on any atom is 0.310 e. The molecule has 9 nitrogen and oxygen atoms in total. The van der Waals surface area contributed by atoms with Gasteiger partial charge in [-0.15, -0.1) is 5.92 Å². The van der Waals surface area contributed by atoms with E-state index in [0.717, 1.165) is 17.9 Å². The summed E-state index contributed by atoms with van der Waals surface area (Å²) in [5.41, 5.74) is 1.20. The topological polar surface area (TPSA) is 95.9 Å². The van der Waals surface area contributed by atoms with Crippen LogP contribution >= 0.6 is 11.6 Å². The van der Waals surface area contributed by atoms with E-state index in [1.54, 1.807) is 6.92 Å². The van der Waals surface area contributed by atoms with Crippen LogP contribution in [0.5, 0.6) is 0 Å². The molecule has 0 spiro atoms. The van der Waals surface area contributed by atoms with Crippen LogP contribution in [0.3, 0.4) is 0 Å². The summed E-state index contributed by atoms with van der Waals surface area (Å²) in [4.78, 5) is 18.8. The third-order valence-electron chi connectivity index (χ3n) is 5.48. The van der Waals surface area contributed by atoms with E-state index in [-0.39, 0.29) is 24.4 Å². The summed E-state index contributed by atoms with van der Waals surface area (Å²) in [7, 11) is 3.62. The van der Waals surface area contributed by atoms with Crippen molar-refractivity contribution < 1.29 is 39.8 Å². The molecule has 0 saturated carbocycles. The normalized spacial score (nSPS) is 25.0. The van der Waals surface area contributed by atoms with Crippen LogP contribution in [0.15, 0.2) is 24.3 Å². The number of hydrogen-bond donors (Lipinski definition) is 1. The van der Waals surface area contributed by atoms with Crippen molar-refractivity contribution in [1.29, 1.82) is 0 Å². The molecule has 1 N–H and O–H groups in total. The Hall–Kier alpha value is -1.74. The lowest BCUT2D eigenvalue weighted by Crippen LogP contribution is -2.49. The van der Waals surface area contributed by atoms with Gasteiger partial charge >= 0.3 is 5.97 Å². The zero-order chi connectivity index (χ0) is 21.9. The minimum absolute atomic E-state index is 0.0330. The standard InChI is InChI=1S/C16H20ClNO2.C4H6O6/c1-18-12-7-8-14(18)15(16(19)20-2)13(9-12)10-3-5-11(17)6-4-10;1-2-3-4-6-8-10-9-7-5/h3-6,12-15H,7-9H2,1-2H3;5H,4H2,1H3/t12-,13-,14?,15?;/m1./s1. The van der Waals surface area contributed by atoms with Crippen LogP contribution in [0, 0.1) is 17.8 Å². The molecule has 0 aromatic heterocycles. The van der Waals surface area contributed by atoms with Crippen LogP contribution in [-0.2, 0) is 34.6 Å². The lowest BCUT2D eigenvalue weighted by atomic mass is 9.76. The molecule has 2 aliphatic rings. The summed E-state index contributed by atoms with van der Waals surface area (Å²) in [6, 6.07) is 8.81. The van der Waals surface area contributed by atoms with E-state index in [2.05, 4.69) is 48.8 Å². The Morgan fingerprint density at radius 3 is 2.60 bits per heavy atom. The van der Waals surface area contributed by atoms with E-state index in [0.29, 0.717) is 12.1 Å². The molecule has 2 saturated heterocycles. The average Bonchev–Trinajstić information content (AvgIpc) is 2.99. The second-order valence-corrected chi connectivity index (χ2v) is 7.31. The van der Waals surface area contributed by atoms with Crippen molar-refractivity contribution in [2.75, 3.05) is 20.8 Å². The molecular formula is C20H26ClNO8. The molecule has 1 aromatic carbocycles. The third-order valence-corrected chi connectivity index (χ3v) is 5.73. The summed E-state index contributed by atoms with van der Waals surface area (Å²) >= 11 is 5.97. The van der Waals surface area contributed by atoms with Gasteiger partial charge in [0.1, 0.15) is 6.61 Å². The van der Waals surface area contributed by atoms with Crippen molar-refractivity contribution >= 4 is 17.6 Å². The van der Waals surface area contributed by atoms with Crippen LogP contribution < -0.4 is 0 Å². The first-order chi connectivity index (χ1) is 14.5. The number of carbonyl (C=O) groups is 1. The highest BCUT2D eigenvalue weighted by molar-refractivity contribution is 6.30. The molecule has 1 aromatic rings. The number of benzene rings is 1. The van der Waals surface area contributed by atoms with Crippen LogP contribution in [0.2, 0.25) is 5.02 Å². The second kappa shape index (κ2) is 12.8. The van der Waals surface area contributed by atoms with E-state index in [9.17, 15) is 4.79 Å². The summed E-state index contributed by atoms with van der Waals surface area (Å²) in [5.74, 6) is 5.11. The number of esters is 1. The Morgan fingerprint density at radius 1 is 1.23 bits per heavy atom. The Balaban J connectivity index is 0.000000274. The van der Waals surface area contributed by atoms with Gasteiger partial charge in [-0.3, -0.25) is 9.69 Å². The van der Waals surface area contributed by atoms with Crippen molar-refractivity contribution in [1.82, 2.24) is 4.90 Å². The third kappa shape index (κ3) is 6.63. The first-order valence-corrected chi connectivity index (χ1v) is 9.79. The molecule has 0 radical (unpaired) electrons. The molecule has 30 heavy (non-hydrogen) atoms. The lowest BCUT2D eigenvalue weighted by molar-refractivity contribution is -0.752. The van der Waals surface area contributed by atoms with Crippen molar-refractivity contribution in [2.45, 2.75) is 44.2 Å². The highest BCUT2D eigenvalue weighted by Gasteiger charge is 2.49. The smallest absolute Gasteiger partial charge is 0.310 e. The Morgan fingerprint density at radius 2 is 1.97 bits per heavy atom. The number of piperidine rings is 1. The Bertz CT molecular complexity index is 720. The molecule has 166 valence electrons. The number of carbonyl (C=O) groups excluding carboxylic acids is 1. The molecular weight excluding hydrogens is 418 g/mol. The van der Waals surface area contributed by atoms with Crippen LogP contribution in [-0.4, -0.2) is 49.0 Å². The predicted molar refractivity (Wildman–Crippen MR) is 105 cm³/mol. The molecule has 10 heteroatoms. The van der Waals surface area contributed by atoms with Crippen molar-refractivity contribution in [2.24, 2.45) is 5.92 Å². The van der Waals surface area contributed by atoms with Gasteiger partial charge in [0.2, 0.25) is 0 Å². The fourth-order valence-electron chi connectivity index (χ4n) is 4.15. The summed E-state index contributed by atoms with van der Waals surface area (Å²) in [6.45, 7) is 1.67. The van der Waals surface area contributed by atoms with Gasteiger partial charge in [-0.05, 0) is 71.1 Å². The van der Waals surface area contributed by atoms with E-state index in [1.165, 1.54) is 19.1 Å². The van der Waals surface area contributed by atoms with Gasteiger partial charge in [0.15, 0.2) is 0 Å². The highest BCUT2D eigenvalue weighted by atomic mass is 35.5. The van der Waals surface area contributed by atoms with Gasteiger partial charge in [0.25, 0.3) is 0 Å². The van der Waals surface area contributed by atoms with E-state index >= 15 is 0 Å². The van der Waals surface area contributed by atoms with Gasteiger partial charge < -0.3 is 4.74 Å². The number of ether oxygens (including phenoxy) is 1. The number of halogens is 1. The van der Waals surface area contributed by atoms with Crippen molar-refractivity contribution in [3.05, 3.63) is 34.9 Å². The lowest BCUT2D eigenvalue weighted by Gasteiger charge is -2.41. The Kier molecular flexibility index (Phi) is 10.5. The van der Waals surface area contributed by atoms with Gasteiger partial charge in [-0.25, -0.2) is 5.26 Å². The number of hydrogen-bond acceptors (Lipinski definition) is 9. The molecule has 0 aliphatic carbocycles. The summed E-state index contributed by atoms with van der Waals surface area (Å²) < 4.78 is 5.07. The van der Waals surface area contributed by atoms with Gasteiger partial charge in [0, 0.05) is 23.0 Å².